The Morgan fingerprint density at radius 2 is 2.06 bits per heavy atom. The number of carbonyl (C=O) groups excluding carboxylic acids is 1. The molecule has 3 aromatic heterocycles. The number of carbonyl (C=O) groups is 1. The summed E-state index contributed by atoms with van der Waals surface area (Å²) in [7, 11) is 0. The highest BCUT2D eigenvalue weighted by Gasteiger charge is 2.14. The summed E-state index contributed by atoms with van der Waals surface area (Å²) >= 11 is 0. The zero-order chi connectivity index (χ0) is 22.7. The van der Waals surface area contributed by atoms with Crippen molar-refractivity contribution in [3.63, 3.8) is 0 Å². The maximum absolute atomic E-state index is 12.3. The zero-order valence-corrected chi connectivity index (χ0v) is 17.2. The molecule has 1 amide bonds. The predicted molar refractivity (Wildman–Crippen MR) is 114 cm³/mol. The van der Waals surface area contributed by atoms with Gasteiger partial charge in [0, 0.05) is 44.2 Å². The topological polar surface area (TPSA) is 138 Å². The minimum Gasteiger partial charge on any atom is -0.407 e. The molecule has 0 fully saturated rings. The number of benzene rings is 1. The van der Waals surface area contributed by atoms with E-state index >= 15 is 0 Å². The van der Waals surface area contributed by atoms with Gasteiger partial charge in [0.15, 0.2) is 5.58 Å². The van der Waals surface area contributed by atoms with Crippen LogP contribution in [0.15, 0.2) is 58.1 Å². The van der Waals surface area contributed by atoms with Crippen LogP contribution >= 0.6 is 0 Å². The van der Waals surface area contributed by atoms with E-state index in [4.69, 9.17) is 4.42 Å². The largest absolute Gasteiger partial charge is 0.419 e. The van der Waals surface area contributed by atoms with Crippen LogP contribution in [0.25, 0.3) is 16.9 Å². The number of non-ortho nitro benzene ring substituents is 1. The maximum Gasteiger partial charge on any atom is 0.419 e. The number of nitro groups is 1. The van der Waals surface area contributed by atoms with Crippen molar-refractivity contribution in [3.8, 4) is 5.82 Å². The Balaban J connectivity index is 1.33. The first-order valence-electron chi connectivity index (χ1n) is 9.92. The number of pyridine rings is 1. The van der Waals surface area contributed by atoms with E-state index in [-0.39, 0.29) is 30.1 Å². The average Bonchev–Trinajstić information content (AvgIpc) is 3.34. The highest BCUT2D eigenvalue weighted by molar-refractivity contribution is 5.76. The third-order valence-electron chi connectivity index (χ3n) is 5.02. The Hall–Kier alpha value is -4.28. The van der Waals surface area contributed by atoms with Gasteiger partial charge in [-0.15, -0.1) is 0 Å². The monoisotopic (exact) mass is 436 g/mol. The molecule has 32 heavy (non-hydrogen) atoms. The summed E-state index contributed by atoms with van der Waals surface area (Å²) in [6.07, 6.45) is 5.82. The minimum absolute atomic E-state index is 0.148. The lowest BCUT2D eigenvalue weighted by atomic mass is 10.2. The van der Waals surface area contributed by atoms with E-state index in [1.807, 2.05) is 29.8 Å². The van der Waals surface area contributed by atoms with E-state index in [1.54, 1.807) is 12.4 Å². The summed E-state index contributed by atoms with van der Waals surface area (Å²) in [5.74, 6) is 0.771. The van der Waals surface area contributed by atoms with Crippen molar-refractivity contribution in [1.29, 1.82) is 0 Å². The Kier molecular flexibility index (Phi) is 5.79. The fourth-order valence-electron chi connectivity index (χ4n) is 3.39. The molecular formula is C21H20N6O5. The van der Waals surface area contributed by atoms with Gasteiger partial charge in [-0.3, -0.25) is 24.0 Å². The molecule has 0 atom stereocenters. The molecule has 0 spiro atoms. The average molecular weight is 436 g/mol. The number of nitro benzene ring substituents is 1. The van der Waals surface area contributed by atoms with Gasteiger partial charge in [0.2, 0.25) is 5.91 Å². The summed E-state index contributed by atoms with van der Waals surface area (Å²) in [4.78, 5) is 43.2. The highest BCUT2D eigenvalue weighted by Crippen LogP contribution is 2.20. The number of nitrogens with zero attached hydrogens (tertiary/aromatic N) is 5. The van der Waals surface area contributed by atoms with E-state index in [2.05, 4.69) is 15.3 Å². The molecule has 1 aromatic carbocycles. The van der Waals surface area contributed by atoms with E-state index in [0.717, 1.165) is 17.2 Å². The van der Waals surface area contributed by atoms with Crippen LogP contribution in [0.1, 0.15) is 24.2 Å². The molecule has 3 heterocycles. The van der Waals surface area contributed by atoms with E-state index in [1.165, 1.54) is 22.8 Å². The van der Waals surface area contributed by atoms with Crippen molar-refractivity contribution in [3.05, 3.63) is 81.0 Å². The van der Waals surface area contributed by atoms with E-state index in [0.29, 0.717) is 18.5 Å². The smallest absolute Gasteiger partial charge is 0.407 e. The van der Waals surface area contributed by atoms with Crippen LogP contribution in [0, 0.1) is 17.0 Å². The zero-order valence-electron chi connectivity index (χ0n) is 17.2. The summed E-state index contributed by atoms with van der Waals surface area (Å²) in [6.45, 7) is 2.49. The first kappa shape index (κ1) is 21.0. The molecule has 0 radical (unpaired) electrons. The molecule has 0 aliphatic heterocycles. The van der Waals surface area contributed by atoms with Gasteiger partial charge in [0.25, 0.3) is 5.69 Å². The molecule has 1 N–H and O–H groups in total. The summed E-state index contributed by atoms with van der Waals surface area (Å²) in [5, 5.41) is 13.7. The lowest BCUT2D eigenvalue weighted by Crippen LogP contribution is -2.23. The maximum atomic E-state index is 12.3. The van der Waals surface area contributed by atoms with Gasteiger partial charge in [-0.1, -0.05) is 0 Å². The van der Waals surface area contributed by atoms with Crippen molar-refractivity contribution < 1.29 is 14.1 Å². The fourth-order valence-corrected chi connectivity index (χ4v) is 3.39. The quantitative estimate of drug-likeness (QED) is 0.331. The van der Waals surface area contributed by atoms with Gasteiger partial charge in [0.1, 0.15) is 11.6 Å². The van der Waals surface area contributed by atoms with E-state index in [9.17, 15) is 19.7 Å². The molecule has 164 valence electrons. The second kappa shape index (κ2) is 8.84. The van der Waals surface area contributed by atoms with Crippen LogP contribution in [-0.2, 0) is 17.9 Å². The standard InChI is InChI=1S/C21H20N6O5/c1-14-22-8-10-25(14)19-11-15(6-7-23-19)13-24-20(28)3-2-9-26-17-5-4-16(27(30)31)12-18(17)32-21(26)29/h4-8,10-12H,2-3,9,13H2,1H3,(H,24,28). The first-order chi connectivity index (χ1) is 15.4. The predicted octanol–water partition coefficient (Wildman–Crippen LogP) is 2.49. The third kappa shape index (κ3) is 4.41. The van der Waals surface area contributed by atoms with Gasteiger partial charge in [-0.05, 0) is 37.1 Å². The minimum atomic E-state index is -0.611. The second-order valence-corrected chi connectivity index (χ2v) is 7.18. The van der Waals surface area contributed by atoms with Gasteiger partial charge < -0.3 is 9.73 Å². The number of imidazole rings is 1. The lowest BCUT2D eigenvalue weighted by Gasteiger charge is -2.08. The molecule has 0 saturated carbocycles. The molecule has 0 aliphatic carbocycles. The number of aryl methyl sites for hydroxylation is 2. The Bertz CT molecular complexity index is 1350. The van der Waals surface area contributed by atoms with Crippen molar-refractivity contribution in [2.45, 2.75) is 32.9 Å². The Morgan fingerprint density at radius 3 is 2.81 bits per heavy atom. The van der Waals surface area contributed by atoms with Crippen LogP contribution in [0.5, 0.6) is 0 Å². The second-order valence-electron chi connectivity index (χ2n) is 7.18. The number of hydrogen-bond donors (Lipinski definition) is 1. The van der Waals surface area contributed by atoms with Gasteiger partial charge >= 0.3 is 5.76 Å². The molecule has 11 heteroatoms. The van der Waals surface area contributed by atoms with Crippen molar-refractivity contribution in [1.82, 2.24) is 24.4 Å². The fraction of sp³-hybridized carbons (Fsp3) is 0.238. The van der Waals surface area contributed by atoms with Crippen molar-refractivity contribution in [2.75, 3.05) is 0 Å². The van der Waals surface area contributed by atoms with Gasteiger partial charge in [-0.2, -0.15) is 0 Å². The van der Waals surface area contributed by atoms with Crippen molar-refractivity contribution >= 4 is 22.7 Å². The van der Waals surface area contributed by atoms with Crippen LogP contribution < -0.4 is 11.1 Å². The van der Waals surface area contributed by atoms with Crippen molar-refractivity contribution in [2.24, 2.45) is 0 Å². The number of fused-ring (bicyclic) bond motifs is 1. The van der Waals surface area contributed by atoms with Gasteiger partial charge in [0.05, 0.1) is 16.5 Å². The Morgan fingerprint density at radius 1 is 1.22 bits per heavy atom. The third-order valence-corrected chi connectivity index (χ3v) is 5.02. The van der Waals surface area contributed by atoms with Crippen LogP contribution in [0.3, 0.4) is 0 Å². The van der Waals surface area contributed by atoms with E-state index < -0.39 is 10.7 Å². The van der Waals surface area contributed by atoms with Gasteiger partial charge in [-0.25, -0.2) is 14.8 Å². The molecule has 4 aromatic rings. The SMILES string of the molecule is Cc1nccn1-c1cc(CNC(=O)CCCn2c(=O)oc3cc([N+](=O)[O-])ccc32)ccn1. The Labute approximate surface area is 181 Å². The summed E-state index contributed by atoms with van der Waals surface area (Å²) < 4.78 is 8.32. The number of aromatic nitrogens is 4. The van der Waals surface area contributed by atoms with Crippen LogP contribution in [0.4, 0.5) is 5.69 Å². The number of amides is 1. The number of nitrogens with one attached hydrogen (secondary N) is 1. The highest BCUT2D eigenvalue weighted by atomic mass is 16.6. The molecule has 0 aliphatic rings. The molecule has 0 unspecified atom stereocenters. The molecule has 0 bridgehead atoms. The summed E-state index contributed by atoms with van der Waals surface area (Å²) in [5.41, 5.74) is 1.35. The lowest BCUT2D eigenvalue weighted by molar-refractivity contribution is -0.384. The van der Waals surface area contributed by atoms with Crippen LogP contribution in [0.2, 0.25) is 0 Å². The van der Waals surface area contributed by atoms with Crippen LogP contribution in [-0.4, -0.2) is 29.9 Å². The molecule has 0 saturated heterocycles. The molecule has 4 rings (SSSR count). The molecule has 11 nitrogen and oxygen atoms in total. The first-order valence-corrected chi connectivity index (χ1v) is 9.92. The normalized spacial score (nSPS) is 11.0. The number of rotatable bonds is 8. The number of hydrogen-bond acceptors (Lipinski definition) is 7. The number of oxazole rings is 1. The molecular weight excluding hydrogens is 416 g/mol. The summed E-state index contributed by atoms with van der Waals surface area (Å²) in [6, 6.07) is 7.71.